The summed E-state index contributed by atoms with van der Waals surface area (Å²) in [5.74, 6) is 0.804. The highest BCUT2D eigenvalue weighted by molar-refractivity contribution is 9.10. The number of aliphatic hydroxyl groups excluding tert-OH is 5. The topological polar surface area (TPSA) is 151 Å². The lowest BCUT2D eigenvalue weighted by Gasteiger charge is -2.39. The fourth-order valence-electron chi connectivity index (χ4n) is 4.29. The minimum atomic E-state index is -1.69. The predicted molar refractivity (Wildman–Crippen MR) is 145 cm³/mol. The fourth-order valence-corrected chi connectivity index (χ4v) is 4.71. The van der Waals surface area contributed by atoms with Crippen molar-refractivity contribution in [3.8, 4) is 5.75 Å². The SMILES string of the molecule is CCN(CC)[C@H](C(O)c1cc2ncnc(Nc3ccc(Br)c(Cl)c3)c2cc1OC)[C@H](O)[C@@H](O)[C@H](O)CO. The highest BCUT2D eigenvalue weighted by atomic mass is 79.9. The van der Waals surface area contributed by atoms with Crippen LogP contribution in [0.25, 0.3) is 10.9 Å². The number of nitrogens with zero attached hydrogens (tertiary/aromatic N) is 3. The third kappa shape index (κ3) is 6.50. The first-order chi connectivity index (χ1) is 17.7. The van der Waals surface area contributed by atoms with E-state index in [0.29, 0.717) is 51.8 Å². The van der Waals surface area contributed by atoms with Gasteiger partial charge in [0.05, 0.1) is 30.3 Å². The van der Waals surface area contributed by atoms with Crippen LogP contribution in [0.4, 0.5) is 11.5 Å². The van der Waals surface area contributed by atoms with E-state index in [0.717, 1.165) is 4.47 Å². The molecule has 0 aliphatic carbocycles. The molecule has 37 heavy (non-hydrogen) atoms. The molecule has 5 atom stereocenters. The Bertz CT molecular complexity index is 1200. The van der Waals surface area contributed by atoms with Gasteiger partial charge in [-0.2, -0.15) is 0 Å². The summed E-state index contributed by atoms with van der Waals surface area (Å²) in [5.41, 5.74) is 1.53. The van der Waals surface area contributed by atoms with Gasteiger partial charge in [-0.25, -0.2) is 9.97 Å². The zero-order valence-electron chi connectivity index (χ0n) is 20.7. The lowest BCUT2D eigenvalue weighted by molar-refractivity contribution is -0.123. The van der Waals surface area contributed by atoms with Gasteiger partial charge in [-0.15, -0.1) is 0 Å². The third-order valence-electron chi connectivity index (χ3n) is 6.33. The van der Waals surface area contributed by atoms with E-state index in [1.807, 2.05) is 26.0 Å². The lowest BCUT2D eigenvalue weighted by Crippen LogP contribution is -2.55. The van der Waals surface area contributed by atoms with Crippen LogP contribution in [0, 0.1) is 0 Å². The summed E-state index contributed by atoms with van der Waals surface area (Å²) in [6.07, 6.45) is -4.81. The molecule has 0 radical (unpaired) electrons. The van der Waals surface area contributed by atoms with E-state index in [-0.39, 0.29) is 0 Å². The summed E-state index contributed by atoms with van der Waals surface area (Å²) in [5, 5.41) is 56.4. The number of nitrogens with one attached hydrogen (secondary N) is 1. The molecular formula is C25H32BrClN4O6. The zero-order chi connectivity index (χ0) is 27.3. The van der Waals surface area contributed by atoms with Crippen LogP contribution in [0.1, 0.15) is 25.5 Å². The molecule has 0 fully saturated rings. The number of aliphatic hydroxyl groups is 5. The molecular weight excluding hydrogens is 568 g/mol. The van der Waals surface area contributed by atoms with E-state index in [1.54, 1.807) is 23.1 Å². The third-order valence-corrected chi connectivity index (χ3v) is 7.56. The van der Waals surface area contributed by atoms with Crippen LogP contribution in [0.15, 0.2) is 41.1 Å². The Labute approximate surface area is 228 Å². The molecule has 12 heteroatoms. The van der Waals surface area contributed by atoms with Crippen LogP contribution in [0.3, 0.4) is 0 Å². The number of methoxy groups -OCH3 is 1. The molecule has 6 N–H and O–H groups in total. The van der Waals surface area contributed by atoms with E-state index in [4.69, 9.17) is 16.3 Å². The lowest BCUT2D eigenvalue weighted by atomic mass is 9.90. The predicted octanol–water partition coefficient (Wildman–Crippen LogP) is 2.62. The maximum Gasteiger partial charge on any atom is 0.141 e. The monoisotopic (exact) mass is 598 g/mol. The molecule has 0 saturated heterocycles. The van der Waals surface area contributed by atoms with Crippen LogP contribution < -0.4 is 10.1 Å². The van der Waals surface area contributed by atoms with Crippen molar-refractivity contribution >= 4 is 49.9 Å². The molecule has 1 aromatic heterocycles. The number of hydrogen-bond donors (Lipinski definition) is 6. The average Bonchev–Trinajstić information content (AvgIpc) is 2.91. The molecule has 2 aromatic carbocycles. The Hall–Kier alpha value is -2.09. The summed E-state index contributed by atoms with van der Waals surface area (Å²) in [7, 11) is 1.45. The Kier molecular flexibility index (Phi) is 10.4. The van der Waals surface area contributed by atoms with Crippen molar-refractivity contribution in [3.63, 3.8) is 0 Å². The highest BCUT2D eigenvalue weighted by Crippen LogP contribution is 2.37. The second-order valence-electron chi connectivity index (χ2n) is 8.48. The van der Waals surface area contributed by atoms with Crippen LogP contribution in [-0.2, 0) is 0 Å². The van der Waals surface area contributed by atoms with Crippen molar-refractivity contribution in [2.24, 2.45) is 0 Å². The summed E-state index contributed by atoms with van der Waals surface area (Å²) < 4.78 is 6.36. The van der Waals surface area contributed by atoms with E-state index in [1.165, 1.54) is 13.4 Å². The van der Waals surface area contributed by atoms with Gasteiger partial charge in [-0.3, -0.25) is 4.90 Å². The van der Waals surface area contributed by atoms with Crippen molar-refractivity contribution < 1.29 is 30.3 Å². The second-order valence-corrected chi connectivity index (χ2v) is 9.74. The number of ether oxygens (including phenoxy) is 1. The number of anilines is 2. The van der Waals surface area contributed by atoms with Gasteiger partial charge < -0.3 is 35.6 Å². The van der Waals surface area contributed by atoms with Crippen molar-refractivity contribution in [2.45, 2.75) is 44.3 Å². The fraction of sp³-hybridized carbons (Fsp3) is 0.440. The van der Waals surface area contributed by atoms with Crippen molar-refractivity contribution in [1.82, 2.24) is 14.9 Å². The summed E-state index contributed by atoms with van der Waals surface area (Å²) in [6.45, 7) is 3.84. The van der Waals surface area contributed by atoms with Gasteiger partial charge in [-0.05, 0) is 59.4 Å². The standard InChI is InChI=1S/C25H32BrClN4O6/c1-4-31(5-2)21(24(36)23(35)19(33)11-32)22(34)15-9-18-14(10-20(15)37-3)25(29-12-28-18)30-13-6-7-16(26)17(27)8-13/h6-10,12,19,21-24,32-36H,4-5,11H2,1-3H3,(H,28,29,30)/t19-,21-,22?,23+,24+/m1/s1. The second kappa shape index (κ2) is 13.1. The van der Waals surface area contributed by atoms with E-state index < -0.39 is 37.1 Å². The van der Waals surface area contributed by atoms with Crippen LogP contribution in [-0.4, -0.2) is 91.6 Å². The maximum atomic E-state index is 11.5. The molecule has 0 bridgehead atoms. The molecule has 3 aromatic rings. The van der Waals surface area contributed by atoms with Gasteiger partial charge in [0.1, 0.15) is 42.3 Å². The molecule has 0 aliphatic heterocycles. The van der Waals surface area contributed by atoms with Crippen molar-refractivity contribution in [3.05, 3.63) is 51.7 Å². The number of likely N-dealkylation sites (N-methyl/N-ethyl adjacent to an activating group) is 1. The Balaban J connectivity index is 2.07. The molecule has 0 saturated carbocycles. The summed E-state index contributed by atoms with van der Waals surface area (Å²) >= 11 is 9.59. The van der Waals surface area contributed by atoms with Gasteiger partial charge >= 0.3 is 0 Å². The first-order valence-electron chi connectivity index (χ1n) is 11.8. The summed E-state index contributed by atoms with van der Waals surface area (Å²) in [4.78, 5) is 10.5. The Morgan fingerprint density at radius 2 is 1.76 bits per heavy atom. The molecule has 0 aliphatic rings. The molecule has 1 heterocycles. The normalized spacial score (nSPS) is 15.9. The number of fused-ring (bicyclic) bond motifs is 1. The number of aromatic nitrogens is 2. The first kappa shape index (κ1) is 29.5. The number of hydrogen-bond acceptors (Lipinski definition) is 10. The molecule has 0 spiro atoms. The maximum absolute atomic E-state index is 11.5. The molecule has 10 nitrogen and oxygen atoms in total. The molecule has 1 unspecified atom stereocenters. The van der Waals surface area contributed by atoms with Crippen molar-refractivity contribution in [2.75, 3.05) is 32.1 Å². The van der Waals surface area contributed by atoms with Gasteiger partial charge in [0.25, 0.3) is 0 Å². The number of rotatable bonds is 12. The van der Waals surface area contributed by atoms with Gasteiger partial charge in [0.15, 0.2) is 0 Å². The van der Waals surface area contributed by atoms with E-state index in [9.17, 15) is 25.5 Å². The smallest absolute Gasteiger partial charge is 0.141 e. The Morgan fingerprint density at radius 1 is 1.05 bits per heavy atom. The van der Waals surface area contributed by atoms with Crippen molar-refractivity contribution in [1.29, 1.82) is 0 Å². The van der Waals surface area contributed by atoms with E-state index in [2.05, 4.69) is 31.2 Å². The summed E-state index contributed by atoms with van der Waals surface area (Å²) in [6, 6.07) is 7.68. The van der Waals surface area contributed by atoms with E-state index >= 15 is 0 Å². The molecule has 202 valence electrons. The largest absolute Gasteiger partial charge is 0.496 e. The van der Waals surface area contributed by atoms with Crippen LogP contribution in [0.5, 0.6) is 5.75 Å². The molecule has 3 rings (SSSR count). The van der Waals surface area contributed by atoms with Crippen LogP contribution in [0.2, 0.25) is 5.02 Å². The highest BCUT2D eigenvalue weighted by Gasteiger charge is 2.39. The number of halogens is 2. The average molecular weight is 600 g/mol. The van der Waals surface area contributed by atoms with Gasteiger partial charge in [0.2, 0.25) is 0 Å². The quantitative estimate of drug-likeness (QED) is 0.183. The van der Waals surface area contributed by atoms with Gasteiger partial charge in [0, 0.05) is 21.1 Å². The minimum absolute atomic E-state index is 0.313. The minimum Gasteiger partial charge on any atom is -0.496 e. The molecule has 0 amide bonds. The number of benzene rings is 2. The zero-order valence-corrected chi connectivity index (χ0v) is 23.1. The van der Waals surface area contributed by atoms with Crippen LogP contribution >= 0.6 is 27.5 Å². The van der Waals surface area contributed by atoms with Gasteiger partial charge in [-0.1, -0.05) is 25.4 Å². The first-order valence-corrected chi connectivity index (χ1v) is 13.0. The Morgan fingerprint density at radius 3 is 2.35 bits per heavy atom.